The van der Waals surface area contributed by atoms with Crippen LogP contribution in [0.3, 0.4) is 0 Å². The standard InChI is InChI=1S/C18H25N5O/c1-2-3-4-16-19-9-13(20-16)10-23-8-7-15-14(11-23)18(24)22-17(21-15)12-5-6-12/h9,12H,2-8,10-11H2,1H3,(H,19,20)(H,21,22,24). The predicted molar refractivity (Wildman–Crippen MR) is 91.9 cm³/mol. The minimum Gasteiger partial charge on any atom is -0.345 e. The van der Waals surface area contributed by atoms with E-state index >= 15 is 0 Å². The number of aromatic amines is 2. The average molecular weight is 327 g/mol. The second-order valence-electron chi connectivity index (χ2n) is 7.07. The molecule has 1 aliphatic heterocycles. The molecule has 6 nitrogen and oxygen atoms in total. The summed E-state index contributed by atoms with van der Waals surface area (Å²) in [7, 11) is 0. The number of nitrogens with one attached hydrogen (secondary N) is 2. The normalized spacial score (nSPS) is 17.9. The van der Waals surface area contributed by atoms with E-state index < -0.39 is 0 Å². The van der Waals surface area contributed by atoms with Gasteiger partial charge >= 0.3 is 0 Å². The number of aryl methyl sites for hydroxylation is 1. The highest BCUT2D eigenvalue weighted by Crippen LogP contribution is 2.37. The average Bonchev–Trinajstić information content (AvgIpc) is 3.34. The number of hydrogen-bond donors (Lipinski definition) is 2. The van der Waals surface area contributed by atoms with E-state index in [0.717, 1.165) is 73.8 Å². The van der Waals surface area contributed by atoms with Gasteiger partial charge in [-0.25, -0.2) is 9.97 Å². The van der Waals surface area contributed by atoms with Crippen molar-refractivity contribution in [1.82, 2.24) is 24.8 Å². The Morgan fingerprint density at radius 1 is 1.33 bits per heavy atom. The first-order valence-electron chi connectivity index (χ1n) is 9.10. The van der Waals surface area contributed by atoms with Crippen LogP contribution in [0.25, 0.3) is 0 Å². The van der Waals surface area contributed by atoms with Crippen LogP contribution in [0.1, 0.15) is 67.1 Å². The maximum absolute atomic E-state index is 12.4. The van der Waals surface area contributed by atoms with Gasteiger partial charge in [0.15, 0.2) is 0 Å². The number of aromatic nitrogens is 4. The Morgan fingerprint density at radius 2 is 2.21 bits per heavy atom. The molecule has 0 atom stereocenters. The van der Waals surface area contributed by atoms with Gasteiger partial charge in [0.05, 0.1) is 11.3 Å². The van der Waals surface area contributed by atoms with Crippen LogP contribution < -0.4 is 5.56 Å². The van der Waals surface area contributed by atoms with Crippen LogP contribution in [0.5, 0.6) is 0 Å². The fourth-order valence-electron chi connectivity index (χ4n) is 3.38. The molecule has 1 fully saturated rings. The van der Waals surface area contributed by atoms with E-state index in [0.29, 0.717) is 12.5 Å². The highest BCUT2D eigenvalue weighted by molar-refractivity contribution is 5.23. The van der Waals surface area contributed by atoms with E-state index in [-0.39, 0.29) is 5.56 Å². The highest BCUT2D eigenvalue weighted by atomic mass is 16.1. The van der Waals surface area contributed by atoms with E-state index in [4.69, 9.17) is 4.98 Å². The summed E-state index contributed by atoms with van der Waals surface area (Å²) in [5, 5.41) is 0. The van der Waals surface area contributed by atoms with Gasteiger partial charge in [0.1, 0.15) is 11.6 Å². The molecule has 2 aromatic heterocycles. The number of hydrogen-bond acceptors (Lipinski definition) is 4. The van der Waals surface area contributed by atoms with E-state index in [1.807, 2.05) is 6.20 Å². The number of fused-ring (bicyclic) bond motifs is 1. The van der Waals surface area contributed by atoms with E-state index in [1.54, 1.807) is 0 Å². The van der Waals surface area contributed by atoms with E-state index in [1.165, 1.54) is 6.42 Å². The molecule has 0 aromatic carbocycles. The molecule has 24 heavy (non-hydrogen) atoms. The first kappa shape index (κ1) is 15.6. The Labute approximate surface area is 141 Å². The fourth-order valence-corrected chi connectivity index (χ4v) is 3.38. The Balaban J connectivity index is 1.44. The zero-order chi connectivity index (χ0) is 16.5. The summed E-state index contributed by atoms with van der Waals surface area (Å²) in [5.41, 5.74) is 3.03. The SMILES string of the molecule is CCCCc1ncc(CN2CCc3nc(C4CC4)[nH]c(=O)c3C2)[nH]1. The molecule has 0 radical (unpaired) electrons. The Hall–Kier alpha value is -1.95. The van der Waals surface area contributed by atoms with Crippen molar-refractivity contribution >= 4 is 0 Å². The summed E-state index contributed by atoms with van der Waals surface area (Å²) in [6.45, 7) is 4.61. The molecular formula is C18H25N5O. The maximum atomic E-state index is 12.4. The summed E-state index contributed by atoms with van der Waals surface area (Å²) >= 11 is 0. The van der Waals surface area contributed by atoms with Crippen molar-refractivity contribution in [3.05, 3.63) is 45.2 Å². The molecule has 128 valence electrons. The van der Waals surface area contributed by atoms with Crippen LogP contribution in [0, 0.1) is 0 Å². The molecule has 0 saturated heterocycles. The third-order valence-corrected chi connectivity index (χ3v) is 4.97. The van der Waals surface area contributed by atoms with Gasteiger partial charge in [-0.15, -0.1) is 0 Å². The zero-order valence-electron chi connectivity index (χ0n) is 14.3. The van der Waals surface area contributed by atoms with Crippen molar-refractivity contribution < 1.29 is 0 Å². The third kappa shape index (κ3) is 3.29. The number of unbranched alkanes of at least 4 members (excludes halogenated alkanes) is 1. The summed E-state index contributed by atoms with van der Waals surface area (Å²) in [5.74, 6) is 2.46. The number of imidazole rings is 1. The number of rotatable bonds is 6. The predicted octanol–water partition coefficient (Wildman–Crippen LogP) is 2.27. The van der Waals surface area contributed by atoms with Crippen molar-refractivity contribution in [3.63, 3.8) is 0 Å². The molecular weight excluding hydrogens is 302 g/mol. The molecule has 2 aromatic rings. The van der Waals surface area contributed by atoms with Gasteiger partial charge in [0.2, 0.25) is 0 Å². The van der Waals surface area contributed by atoms with E-state index in [2.05, 4.69) is 26.8 Å². The van der Waals surface area contributed by atoms with Gasteiger partial charge in [0.25, 0.3) is 5.56 Å². The Kier molecular flexibility index (Phi) is 4.22. The lowest BCUT2D eigenvalue weighted by atomic mass is 10.1. The number of H-pyrrole nitrogens is 2. The minimum absolute atomic E-state index is 0.0554. The third-order valence-electron chi connectivity index (χ3n) is 4.97. The van der Waals surface area contributed by atoms with Crippen molar-refractivity contribution in [3.8, 4) is 0 Å². The monoisotopic (exact) mass is 327 g/mol. The smallest absolute Gasteiger partial charge is 0.255 e. The van der Waals surface area contributed by atoms with E-state index in [9.17, 15) is 4.79 Å². The molecule has 2 aliphatic rings. The van der Waals surface area contributed by atoms with Gasteiger partial charge in [0, 0.05) is 50.3 Å². The number of nitrogens with zero attached hydrogens (tertiary/aromatic N) is 3. The molecule has 0 unspecified atom stereocenters. The van der Waals surface area contributed by atoms with Crippen LogP contribution in [0.15, 0.2) is 11.0 Å². The summed E-state index contributed by atoms with van der Waals surface area (Å²) in [6, 6.07) is 0. The molecule has 0 amide bonds. The van der Waals surface area contributed by atoms with Gasteiger partial charge in [-0.3, -0.25) is 9.69 Å². The van der Waals surface area contributed by atoms with Crippen LogP contribution >= 0.6 is 0 Å². The fraction of sp³-hybridized carbons (Fsp3) is 0.611. The lowest BCUT2D eigenvalue weighted by molar-refractivity contribution is 0.239. The van der Waals surface area contributed by atoms with Gasteiger partial charge in [-0.1, -0.05) is 13.3 Å². The van der Waals surface area contributed by atoms with Crippen molar-refractivity contribution in [2.24, 2.45) is 0 Å². The summed E-state index contributed by atoms with van der Waals surface area (Å²) in [6.07, 6.45) is 8.45. The van der Waals surface area contributed by atoms with Crippen molar-refractivity contribution in [2.45, 2.75) is 64.5 Å². The Bertz CT molecular complexity index is 774. The molecule has 4 rings (SSSR count). The lowest BCUT2D eigenvalue weighted by Crippen LogP contribution is -2.35. The quantitative estimate of drug-likeness (QED) is 0.853. The second-order valence-corrected chi connectivity index (χ2v) is 7.07. The van der Waals surface area contributed by atoms with Crippen LogP contribution in [-0.2, 0) is 25.9 Å². The van der Waals surface area contributed by atoms with Gasteiger partial charge < -0.3 is 9.97 Å². The molecule has 3 heterocycles. The van der Waals surface area contributed by atoms with Gasteiger partial charge in [-0.2, -0.15) is 0 Å². The molecule has 1 saturated carbocycles. The van der Waals surface area contributed by atoms with Gasteiger partial charge in [-0.05, 0) is 19.3 Å². The van der Waals surface area contributed by atoms with Crippen molar-refractivity contribution in [2.75, 3.05) is 6.54 Å². The molecule has 6 heteroatoms. The topological polar surface area (TPSA) is 77.7 Å². The molecule has 2 N–H and O–H groups in total. The molecule has 0 spiro atoms. The minimum atomic E-state index is 0.0554. The first-order valence-corrected chi connectivity index (χ1v) is 9.10. The van der Waals surface area contributed by atoms with Crippen LogP contribution in [0.2, 0.25) is 0 Å². The summed E-state index contributed by atoms with van der Waals surface area (Å²) < 4.78 is 0. The maximum Gasteiger partial charge on any atom is 0.255 e. The first-order chi connectivity index (χ1) is 11.7. The van der Waals surface area contributed by atoms with Crippen molar-refractivity contribution in [1.29, 1.82) is 0 Å². The Morgan fingerprint density at radius 3 is 3.00 bits per heavy atom. The molecule has 0 bridgehead atoms. The summed E-state index contributed by atoms with van der Waals surface area (Å²) in [4.78, 5) is 30.3. The lowest BCUT2D eigenvalue weighted by Gasteiger charge is -2.27. The largest absolute Gasteiger partial charge is 0.345 e. The van der Waals surface area contributed by atoms with Crippen LogP contribution in [-0.4, -0.2) is 31.4 Å². The molecule has 1 aliphatic carbocycles. The van der Waals surface area contributed by atoms with Crippen LogP contribution in [0.4, 0.5) is 0 Å². The second kappa shape index (κ2) is 6.51. The zero-order valence-corrected chi connectivity index (χ0v) is 14.3. The highest BCUT2D eigenvalue weighted by Gasteiger charge is 2.29.